The summed E-state index contributed by atoms with van der Waals surface area (Å²) in [6.07, 6.45) is 19.4. The maximum Gasteiger partial charge on any atom is 0.278 e. The maximum absolute atomic E-state index is 14.6. The van der Waals surface area contributed by atoms with Gasteiger partial charge in [-0.2, -0.15) is 0 Å². The standard InChI is InChI=1S/C31H48F4/c1-3-5-7-8-9-10-11-23-12-14-24(15-13-23)25-16-18-26(19-17-25)27-21-28(32)30(29(33)22-27)31(34,35)20-6-4-2/h21-26H,3-20H2,1-2H3/t23-,24-,25?,26?. The number of hydrogen-bond acceptors (Lipinski definition) is 0. The molecular weight excluding hydrogens is 448 g/mol. The third kappa shape index (κ3) is 8.22. The van der Waals surface area contributed by atoms with Crippen molar-refractivity contribution in [3.05, 3.63) is 34.9 Å². The Kier molecular flexibility index (Phi) is 11.4. The van der Waals surface area contributed by atoms with Crippen molar-refractivity contribution in [1.82, 2.24) is 0 Å². The van der Waals surface area contributed by atoms with Crippen LogP contribution in [0.1, 0.15) is 146 Å². The number of hydrogen-bond donors (Lipinski definition) is 0. The highest BCUT2D eigenvalue weighted by atomic mass is 19.3. The summed E-state index contributed by atoms with van der Waals surface area (Å²) in [6.45, 7) is 4.06. The van der Waals surface area contributed by atoms with Crippen molar-refractivity contribution in [3.8, 4) is 0 Å². The Morgan fingerprint density at radius 3 is 1.77 bits per heavy atom. The molecule has 0 N–H and O–H groups in total. The van der Waals surface area contributed by atoms with Crippen LogP contribution in [0.5, 0.6) is 0 Å². The van der Waals surface area contributed by atoms with Gasteiger partial charge in [-0.3, -0.25) is 0 Å². The average molecular weight is 497 g/mol. The summed E-state index contributed by atoms with van der Waals surface area (Å²) in [5, 5.41) is 0. The number of benzene rings is 1. The Bertz CT molecular complexity index is 719. The molecule has 0 heterocycles. The molecule has 0 aromatic heterocycles. The van der Waals surface area contributed by atoms with Gasteiger partial charge >= 0.3 is 0 Å². The van der Waals surface area contributed by atoms with Crippen molar-refractivity contribution in [2.24, 2.45) is 17.8 Å². The number of unbranched alkanes of at least 4 members (excludes halogenated alkanes) is 6. The van der Waals surface area contributed by atoms with Crippen LogP contribution in [0, 0.1) is 29.4 Å². The van der Waals surface area contributed by atoms with Gasteiger partial charge in [0.2, 0.25) is 0 Å². The maximum atomic E-state index is 14.6. The fraction of sp³-hybridized carbons (Fsp3) is 0.806. The summed E-state index contributed by atoms with van der Waals surface area (Å²) in [7, 11) is 0. The zero-order valence-corrected chi connectivity index (χ0v) is 22.2. The first-order valence-corrected chi connectivity index (χ1v) is 14.7. The van der Waals surface area contributed by atoms with E-state index in [9.17, 15) is 17.6 Å². The Morgan fingerprint density at radius 1 is 0.686 bits per heavy atom. The Hall–Kier alpha value is -1.06. The van der Waals surface area contributed by atoms with Crippen molar-refractivity contribution < 1.29 is 17.6 Å². The van der Waals surface area contributed by atoms with Gasteiger partial charge in [-0.15, -0.1) is 0 Å². The second kappa shape index (κ2) is 14.0. The van der Waals surface area contributed by atoms with Gasteiger partial charge in [0.1, 0.15) is 11.6 Å². The molecule has 0 unspecified atom stereocenters. The summed E-state index contributed by atoms with van der Waals surface area (Å²) >= 11 is 0. The van der Waals surface area contributed by atoms with Crippen LogP contribution >= 0.6 is 0 Å². The van der Waals surface area contributed by atoms with Crippen molar-refractivity contribution in [3.63, 3.8) is 0 Å². The minimum atomic E-state index is -3.45. The van der Waals surface area contributed by atoms with E-state index < -0.39 is 29.5 Å². The van der Waals surface area contributed by atoms with E-state index in [0.29, 0.717) is 17.9 Å². The van der Waals surface area contributed by atoms with Crippen molar-refractivity contribution in [1.29, 1.82) is 0 Å². The Labute approximate surface area is 211 Å². The fourth-order valence-electron chi connectivity index (χ4n) is 6.79. The normalized spacial score (nSPS) is 25.7. The fourth-order valence-corrected chi connectivity index (χ4v) is 6.79. The molecule has 2 fully saturated rings. The summed E-state index contributed by atoms with van der Waals surface area (Å²) in [5.74, 6) is -3.10. The minimum Gasteiger partial charge on any atom is -0.206 e. The van der Waals surface area contributed by atoms with Crippen LogP contribution in [-0.4, -0.2) is 0 Å². The van der Waals surface area contributed by atoms with E-state index in [0.717, 1.165) is 37.5 Å². The lowest BCUT2D eigenvalue weighted by Crippen LogP contribution is -2.25. The quantitative estimate of drug-likeness (QED) is 0.188. The van der Waals surface area contributed by atoms with Crippen LogP contribution in [-0.2, 0) is 5.92 Å². The second-order valence-corrected chi connectivity index (χ2v) is 11.6. The zero-order chi connectivity index (χ0) is 25.3. The van der Waals surface area contributed by atoms with Gasteiger partial charge in [-0.25, -0.2) is 17.6 Å². The SMILES string of the molecule is CCCCCCCC[C@H]1CC[C@H](C2CCC(c3cc(F)c(C(F)(F)CCCC)c(F)c3)CC2)CC1. The predicted molar refractivity (Wildman–Crippen MR) is 138 cm³/mol. The summed E-state index contributed by atoms with van der Waals surface area (Å²) in [6, 6.07) is 2.38. The molecule has 0 nitrogen and oxygen atoms in total. The molecule has 200 valence electrons. The van der Waals surface area contributed by atoms with E-state index in [1.807, 2.05) is 0 Å². The van der Waals surface area contributed by atoms with E-state index >= 15 is 0 Å². The van der Waals surface area contributed by atoms with Crippen molar-refractivity contribution >= 4 is 0 Å². The highest BCUT2D eigenvalue weighted by molar-refractivity contribution is 5.32. The van der Waals surface area contributed by atoms with Gasteiger partial charge < -0.3 is 0 Å². The van der Waals surface area contributed by atoms with Gasteiger partial charge in [-0.05, 0) is 86.3 Å². The van der Waals surface area contributed by atoms with Gasteiger partial charge in [-0.1, -0.05) is 78.1 Å². The molecule has 0 bridgehead atoms. The number of alkyl halides is 2. The zero-order valence-electron chi connectivity index (χ0n) is 22.2. The van der Waals surface area contributed by atoms with E-state index in [1.54, 1.807) is 6.92 Å². The van der Waals surface area contributed by atoms with Gasteiger partial charge in [0.25, 0.3) is 5.92 Å². The minimum absolute atomic E-state index is 0.0811. The molecule has 0 amide bonds. The Balaban J connectivity index is 1.44. The lowest BCUT2D eigenvalue weighted by molar-refractivity contribution is -0.0222. The molecular formula is C31H48F4. The van der Waals surface area contributed by atoms with Gasteiger partial charge in [0.15, 0.2) is 0 Å². The number of halogens is 4. The molecule has 35 heavy (non-hydrogen) atoms. The summed E-state index contributed by atoms with van der Waals surface area (Å²) in [5.41, 5.74) is -0.475. The molecule has 3 rings (SSSR count). The lowest BCUT2D eigenvalue weighted by Gasteiger charge is -2.38. The Morgan fingerprint density at radius 2 is 1.20 bits per heavy atom. The molecule has 2 aliphatic carbocycles. The van der Waals surface area contributed by atoms with Crippen LogP contribution in [0.25, 0.3) is 0 Å². The monoisotopic (exact) mass is 496 g/mol. The molecule has 0 saturated heterocycles. The van der Waals surface area contributed by atoms with Crippen LogP contribution in [0.15, 0.2) is 12.1 Å². The predicted octanol–water partition coefficient (Wildman–Crippen LogP) is 11.1. The van der Waals surface area contributed by atoms with E-state index in [1.165, 1.54) is 82.8 Å². The summed E-state index contributed by atoms with van der Waals surface area (Å²) < 4.78 is 58.0. The van der Waals surface area contributed by atoms with E-state index in [-0.39, 0.29) is 12.3 Å². The molecule has 0 radical (unpaired) electrons. The largest absolute Gasteiger partial charge is 0.278 e. The third-order valence-corrected chi connectivity index (χ3v) is 9.04. The molecule has 1 aromatic rings. The van der Waals surface area contributed by atoms with Crippen LogP contribution in [0.2, 0.25) is 0 Å². The van der Waals surface area contributed by atoms with E-state index in [4.69, 9.17) is 0 Å². The van der Waals surface area contributed by atoms with Crippen LogP contribution in [0.3, 0.4) is 0 Å². The second-order valence-electron chi connectivity index (χ2n) is 11.6. The number of rotatable bonds is 13. The molecule has 0 atom stereocenters. The van der Waals surface area contributed by atoms with Crippen molar-refractivity contribution in [2.75, 3.05) is 0 Å². The smallest absolute Gasteiger partial charge is 0.206 e. The van der Waals surface area contributed by atoms with Crippen LogP contribution in [0.4, 0.5) is 17.6 Å². The van der Waals surface area contributed by atoms with Crippen LogP contribution < -0.4 is 0 Å². The lowest BCUT2D eigenvalue weighted by atomic mass is 9.68. The average Bonchev–Trinajstić information content (AvgIpc) is 2.85. The molecule has 0 spiro atoms. The summed E-state index contributed by atoms with van der Waals surface area (Å²) in [4.78, 5) is 0. The molecule has 2 aliphatic rings. The first kappa shape index (κ1) is 28.5. The van der Waals surface area contributed by atoms with Gasteiger partial charge in [0.05, 0.1) is 5.56 Å². The third-order valence-electron chi connectivity index (χ3n) is 9.04. The topological polar surface area (TPSA) is 0 Å². The molecule has 1 aromatic carbocycles. The first-order chi connectivity index (χ1) is 16.9. The first-order valence-electron chi connectivity index (χ1n) is 14.7. The van der Waals surface area contributed by atoms with E-state index in [2.05, 4.69) is 6.92 Å². The van der Waals surface area contributed by atoms with Crippen molar-refractivity contribution in [2.45, 2.75) is 141 Å². The van der Waals surface area contributed by atoms with Gasteiger partial charge in [0, 0.05) is 6.42 Å². The molecule has 4 heteroatoms. The molecule has 2 saturated carbocycles. The molecule has 0 aliphatic heterocycles. The highest BCUT2D eigenvalue weighted by Crippen LogP contribution is 2.45. The highest BCUT2D eigenvalue weighted by Gasteiger charge is 2.38.